The molecule has 2 heterocycles. The topological polar surface area (TPSA) is 60.9 Å². The van der Waals surface area contributed by atoms with Gasteiger partial charge in [0.1, 0.15) is 6.54 Å². The highest BCUT2D eigenvalue weighted by Gasteiger charge is 2.34. The van der Waals surface area contributed by atoms with Crippen LogP contribution >= 0.6 is 0 Å². The summed E-state index contributed by atoms with van der Waals surface area (Å²) in [6.45, 7) is 6.82. The van der Waals surface area contributed by atoms with Crippen molar-refractivity contribution >= 4 is 17.7 Å². The van der Waals surface area contributed by atoms with Gasteiger partial charge in [-0.1, -0.05) is 24.3 Å². The third kappa shape index (κ3) is 3.74. The van der Waals surface area contributed by atoms with Crippen LogP contribution in [0.2, 0.25) is 0 Å². The molecule has 140 valence electrons. The van der Waals surface area contributed by atoms with Crippen LogP contribution in [0.1, 0.15) is 36.8 Å². The van der Waals surface area contributed by atoms with Crippen LogP contribution in [-0.2, 0) is 14.4 Å². The van der Waals surface area contributed by atoms with Gasteiger partial charge in [-0.2, -0.15) is 0 Å². The van der Waals surface area contributed by atoms with Gasteiger partial charge in [-0.25, -0.2) is 0 Å². The fourth-order valence-electron chi connectivity index (χ4n) is 3.93. The number of rotatable bonds is 4. The zero-order valence-corrected chi connectivity index (χ0v) is 15.6. The zero-order chi connectivity index (χ0) is 18.7. The molecule has 0 unspecified atom stereocenters. The van der Waals surface area contributed by atoms with Crippen molar-refractivity contribution < 1.29 is 14.4 Å². The van der Waals surface area contributed by atoms with E-state index in [4.69, 9.17) is 0 Å². The largest absolute Gasteiger partial charge is 0.341 e. The lowest BCUT2D eigenvalue weighted by Gasteiger charge is -2.37. The summed E-state index contributed by atoms with van der Waals surface area (Å²) in [5.41, 5.74) is 2.55. The van der Waals surface area contributed by atoms with Crippen LogP contribution in [0.5, 0.6) is 0 Å². The van der Waals surface area contributed by atoms with E-state index in [1.807, 2.05) is 24.0 Å². The van der Waals surface area contributed by atoms with Gasteiger partial charge in [-0.3, -0.25) is 14.4 Å². The number of amides is 3. The van der Waals surface area contributed by atoms with E-state index in [0.717, 1.165) is 19.4 Å². The van der Waals surface area contributed by atoms with Gasteiger partial charge in [0.15, 0.2) is 0 Å². The Morgan fingerprint density at radius 2 is 1.77 bits per heavy atom. The molecule has 0 bridgehead atoms. The number of nitrogens with zero attached hydrogens (tertiary/aromatic N) is 3. The maximum absolute atomic E-state index is 12.7. The Hall–Kier alpha value is -2.37. The molecule has 1 atom stereocenters. The lowest BCUT2D eigenvalue weighted by atomic mass is 9.88. The number of piperidine rings is 1. The van der Waals surface area contributed by atoms with Gasteiger partial charge in [0.25, 0.3) is 0 Å². The molecule has 2 aliphatic rings. The average molecular weight is 357 g/mol. The predicted octanol–water partition coefficient (Wildman–Crippen LogP) is 1.39. The monoisotopic (exact) mass is 357 g/mol. The molecule has 0 spiro atoms. The summed E-state index contributed by atoms with van der Waals surface area (Å²) in [5.74, 6) is -0.778. The molecule has 2 aliphatic heterocycles. The van der Waals surface area contributed by atoms with E-state index >= 15 is 0 Å². The molecule has 1 aromatic carbocycles. The molecule has 2 fully saturated rings. The van der Waals surface area contributed by atoms with Crippen molar-refractivity contribution in [3.63, 3.8) is 0 Å². The Labute approximate surface area is 154 Å². The van der Waals surface area contributed by atoms with Crippen molar-refractivity contribution in [3.05, 3.63) is 35.4 Å². The van der Waals surface area contributed by atoms with E-state index in [-0.39, 0.29) is 12.5 Å². The second kappa shape index (κ2) is 7.89. The SMILES string of the molecule is CCN1CCN(CC(=O)N2CCC[C@H](c3ccccc3C)C2)C(=O)C1=O. The normalized spacial score (nSPS) is 21.3. The second-order valence-electron chi connectivity index (χ2n) is 7.15. The molecule has 2 saturated heterocycles. The quantitative estimate of drug-likeness (QED) is 0.765. The highest BCUT2D eigenvalue weighted by atomic mass is 16.2. The highest BCUT2D eigenvalue weighted by molar-refractivity contribution is 6.35. The Morgan fingerprint density at radius 3 is 2.50 bits per heavy atom. The number of carbonyl (C=O) groups is 3. The van der Waals surface area contributed by atoms with Gasteiger partial charge >= 0.3 is 11.8 Å². The molecule has 6 heteroatoms. The van der Waals surface area contributed by atoms with Gasteiger partial charge < -0.3 is 14.7 Å². The van der Waals surface area contributed by atoms with Crippen molar-refractivity contribution in [1.29, 1.82) is 0 Å². The van der Waals surface area contributed by atoms with Gasteiger partial charge in [-0.05, 0) is 37.8 Å². The van der Waals surface area contributed by atoms with Crippen LogP contribution < -0.4 is 0 Å². The summed E-state index contributed by atoms with van der Waals surface area (Å²) >= 11 is 0. The Kier molecular flexibility index (Phi) is 5.59. The number of aryl methyl sites for hydroxylation is 1. The highest BCUT2D eigenvalue weighted by Crippen LogP contribution is 2.29. The lowest BCUT2D eigenvalue weighted by Crippen LogP contribution is -2.56. The molecule has 0 aromatic heterocycles. The molecular formula is C20H27N3O3. The first-order valence-electron chi connectivity index (χ1n) is 9.42. The van der Waals surface area contributed by atoms with Gasteiger partial charge in [0, 0.05) is 38.6 Å². The van der Waals surface area contributed by atoms with Crippen molar-refractivity contribution in [2.45, 2.75) is 32.6 Å². The first-order valence-corrected chi connectivity index (χ1v) is 9.42. The van der Waals surface area contributed by atoms with Crippen LogP contribution in [0.15, 0.2) is 24.3 Å². The minimum absolute atomic E-state index is 0.00260. The first kappa shape index (κ1) is 18.4. The summed E-state index contributed by atoms with van der Waals surface area (Å²) in [4.78, 5) is 41.7. The van der Waals surface area contributed by atoms with Crippen molar-refractivity contribution in [2.24, 2.45) is 0 Å². The van der Waals surface area contributed by atoms with E-state index in [1.165, 1.54) is 20.9 Å². The molecule has 0 N–H and O–H groups in total. The van der Waals surface area contributed by atoms with Crippen molar-refractivity contribution in [2.75, 3.05) is 39.3 Å². The predicted molar refractivity (Wildman–Crippen MR) is 98.6 cm³/mol. The first-order chi connectivity index (χ1) is 12.5. The van der Waals surface area contributed by atoms with E-state index in [2.05, 4.69) is 19.1 Å². The number of likely N-dealkylation sites (tertiary alicyclic amines) is 1. The number of piperazine rings is 1. The maximum atomic E-state index is 12.7. The fraction of sp³-hybridized carbons (Fsp3) is 0.550. The fourth-order valence-corrected chi connectivity index (χ4v) is 3.93. The van der Waals surface area contributed by atoms with Crippen LogP contribution in [0.4, 0.5) is 0 Å². The molecule has 0 radical (unpaired) electrons. The summed E-state index contributed by atoms with van der Waals surface area (Å²) < 4.78 is 0. The Morgan fingerprint density at radius 1 is 1.08 bits per heavy atom. The van der Waals surface area contributed by atoms with Crippen LogP contribution in [0.3, 0.4) is 0 Å². The molecule has 0 saturated carbocycles. The smallest absolute Gasteiger partial charge is 0.312 e. The molecular weight excluding hydrogens is 330 g/mol. The lowest BCUT2D eigenvalue weighted by molar-refractivity contribution is -0.157. The Bertz CT molecular complexity index is 703. The third-order valence-electron chi connectivity index (χ3n) is 5.51. The van der Waals surface area contributed by atoms with Gasteiger partial charge in [0.2, 0.25) is 5.91 Å². The number of carbonyl (C=O) groups excluding carboxylic acids is 3. The number of hydrogen-bond donors (Lipinski definition) is 0. The molecule has 3 amide bonds. The summed E-state index contributed by atoms with van der Waals surface area (Å²) in [5, 5.41) is 0. The second-order valence-corrected chi connectivity index (χ2v) is 7.15. The van der Waals surface area contributed by atoms with E-state index in [1.54, 1.807) is 0 Å². The number of likely N-dealkylation sites (N-methyl/N-ethyl adjacent to an activating group) is 1. The van der Waals surface area contributed by atoms with Gasteiger partial charge in [0.05, 0.1) is 0 Å². The average Bonchev–Trinajstić information content (AvgIpc) is 2.66. The summed E-state index contributed by atoms with van der Waals surface area (Å²) in [6, 6.07) is 8.32. The van der Waals surface area contributed by atoms with Crippen LogP contribution in [0, 0.1) is 6.92 Å². The molecule has 3 rings (SSSR count). The molecule has 1 aromatic rings. The van der Waals surface area contributed by atoms with E-state index < -0.39 is 11.8 Å². The van der Waals surface area contributed by atoms with Crippen LogP contribution in [0.25, 0.3) is 0 Å². The minimum Gasteiger partial charge on any atom is -0.341 e. The number of benzene rings is 1. The van der Waals surface area contributed by atoms with Crippen molar-refractivity contribution in [3.8, 4) is 0 Å². The van der Waals surface area contributed by atoms with Gasteiger partial charge in [-0.15, -0.1) is 0 Å². The maximum Gasteiger partial charge on any atom is 0.312 e. The summed E-state index contributed by atoms with van der Waals surface area (Å²) in [7, 11) is 0. The molecule has 6 nitrogen and oxygen atoms in total. The molecule has 26 heavy (non-hydrogen) atoms. The Balaban J connectivity index is 1.62. The van der Waals surface area contributed by atoms with E-state index in [9.17, 15) is 14.4 Å². The van der Waals surface area contributed by atoms with Crippen molar-refractivity contribution in [1.82, 2.24) is 14.7 Å². The zero-order valence-electron chi connectivity index (χ0n) is 15.6. The standard InChI is InChI=1S/C20H27N3O3/c1-3-21-11-12-23(20(26)19(21)25)14-18(24)22-10-6-8-16(13-22)17-9-5-4-7-15(17)2/h4-5,7,9,16H,3,6,8,10-14H2,1-2H3/t16-/m0/s1. The summed E-state index contributed by atoms with van der Waals surface area (Å²) in [6.07, 6.45) is 2.03. The van der Waals surface area contributed by atoms with E-state index in [0.29, 0.717) is 32.1 Å². The minimum atomic E-state index is -0.557. The molecule has 0 aliphatic carbocycles. The third-order valence-corrected chi connectivity index (χ3v) is 5.51. The van der Waals surface area contributed by atoms with Crippen LogP contribution in [-0.4, -0.2) is 71.7 Å². The number of hydrogen-bond acceptors (Lipinski definition) is 3.